The molecule has 0 heterocycles. The van der Waals surface area contributed by atoms with Crippen molar-refractivity contribution in [1.82, 2.24) is 4.90 Å². The highest BCUT2D eigenvalue weighted by Crippen LogP contribution is 2.13. The maximum atomic E-state index is 12.2. The Morgan fingerprint density at radius 2 is 1.71 bits per heavy atom. The van der Waals surface area contributed by atoms with Crippen LogP contribution in [0.4, 0.5) is 12.9 Å². The fraction of sp³-hybridized carbons (Fsp3) is 1.00. The van der Waals surface area contributed by atoms with Crippen molar-refractivity contribution in [2.45, 2.75) is 46.1 Å². The Hall–Kier alpha value is -0.185. The fourth-order valence-corrected chi connectivity index (χ4v) is 1.39. The molecule has 0 unspecified atom stereocenters. The summed E-state index contributed by atoms with van der Waals surface area (Å²) in [5.74, 6) is 0. The summed E-state index contributed by atoms with van der Waals surface area (Å²) < 4.78 is 36.6. The Morgan fingerprint density at radius 1 is 1.14 bits per heavy atom. The average molecular weight is 210 g/mol. The summed E-state index contributed by atoms with van der Waals surface area (Å²) in [6.45, 7) is 1.56. The third-order valence-electron chi connectivity index (χ3n) is 2.22. The molecule has 0 bridgehead atoms. The highest BCUT2D eigenvalue weighted by atomic mass is 19.4. The molecule has 14 heavy (non-hydrogen) atoms. The van der Waals surface area contributed by atoms with Gasteiger partial charge in [0.15, 0.2) is 0 Å². The van der Waals surface area contributed by atoms with Gasteiger partial charge in [0, 0.05) is 6.04 Å². The van der Waals surface area contributed by atoms with E-state index in [4.69, 9.17) is 0 Å². The molecule has 0 atom stereocenters. The third-order valence-corrected chi connectivity index (χ3v) is 2.22. The van der Waals surface area contributed by atoms with E-state index in [1.165, 1.54) is 4.90 Å². The Morgan fingerprint density at radius 3 is 2.07 bits per heavy atom. The van der Waals surface area contributed by atoms with E-state index in [-0.39, 0.29) is 6.04 Å². The molecule has 0 saturated carbocycles. The first kappa shape index (κ1) is 13.8. The van der Waals surface area contributed by atoms with Gasteiger partial charge in [0.05, 0.1) is 0 Å². The maximum absolute atomic E-state index is 12.2. The van der Waals surface area contributed by atoms with Crippen LogP contribution < -0.4 is 0 Å². The molecule has 0 saturated heterocycles. The highest BCUT2D eigenvalue weighted by Gasteiger charge is 2.27. The molecule has 5 heteroatoms. The minimum Gasteiger partial charge on any atom is -0.448 e. The normalized spacial score (nSPS) is 12.9. The largest absolute Gasteiger partial charge is 0.492 e. The molecular formula is C9H20BF3N-. The second-order valence-corrected chi connectivity index (χ2v) is 4.01. The molecule has 0 spiro atoms. The molecule has 0 radical (unpaired) electrons. The van der Waals surface area contributed by atoms with Crippen molar-refractivity contribution >= 4 is 6.98 Å². The van der Waals surface area contributed by atoms with Gasteiger partial charge in [0.25, 0.3) is 0 Å². The van der Waals surface area contributed by atoms with Crippen LogP contribution in [-0.2, 0) is 0 Å². The Bertz CT molecular complexity index is 147. The van der Waals surface area contributed by atoms with Crippen LogP contribution in [0, 0.1) is 0 Å². The van der Waals surface area contributed by atoms with Crippen molar-refractivity contribution in [3.05, 3.63) is 0 Å². The zero-order chi connectivity index (χ0) is 11.2. The standard InChI is InChI=1S/C9H20BF3N/c1-4-5-6-7-14(9(2)3)8-10(11,12)13/h9H,4-8H2,1-3H3/q-1. The van der Waals surface area contributed by atoms with Crippen LogP contribution in [0.2, 0.25) is 0 Å². The molecule has 0 rings (SSSR count). The summed E-state index contributed by atoms with van der Waals surface area (Å²) in [5.41, 5.74) is 0. The van der Waals surface area contributed by atoms with Gasteiger partial charge in [-0.05, 0) is 33.3 Å². The number of rotatable bonds is 7. The lowest BCUT2D eigenvalue weighted by Gasteiger charge is -2.31. The first-order chi connectivity index (χ1) is 6.37. The lowest BCUT2D eigenvalue weighted by Crippen LogP contribution is -2.42. The van der Waals surface area contributed by atoms with E-state index < -0.39 is 13.4 Å². The SMILES string of the molecule is CCCCCN(C[B-](F)(F)F)C(C)C. The lowest BCUT2D eigenvalue weighted by molar-refractivity contribution is 0.226. The van der Waals surface area contributed by atoms with Gasteiger partial charge in [-0.3, -0.25) is 0 Å². The fourth-order valence-electron chi connectivity index (χ4n) is 1.39. The summed E-state index contributed by atoms with van der Waals surface area (Å²) in [6.07, 6.45) is 2.19. The predicted molar refractivity (Wildman–Crippen MR) is 55.3 cm³/mol. The van der Waals surface area contributed by atoms with Crippen LogP contribution in [0.5, 0.6) is 0 Å². The van der Waals surface area contributed by atoms with Gasteiger partial charge in [-0.15, -0.1) is 0 Å². The van der Waals surface area contributed by atoms with Crippen LogP contribution in [0.15, 0.2) is 0 Å². The molecule has 0 aromatic heterocycles. The summed E-state index contributed by atoms with van der Waals surface area (Å²) in [4.78, 5) is 1.51. The van der Waals surface area contributed by atoms with Gasteiger partial charge >= 0.3 is 6.98 Å². The molecule has 0 aromatic rings. The predicted octanol–water partition coefficient (Wildman–Crippen LogP) is 3.27. The first-order valence-corrected chi connectivity index (χ1v) is 5.32. The summed E-state index contributed by atoms with van der Waals surface area (Å²) in [7, 11) is 0. The number of nitrogens with zero attached hydrogens (tertiary/aromatic N) is 1. The topological polar surface area (TPSA) is 3.24 Å². The molecule has 0 fully saturated rings. The van der Waals surface area contributed by atoms with Crippen molar-refractivity contribution in [2.24, 2.45) is 0 Å². The van der Waals surface area contributed by atoms with E-state index >= 15 is 0 Å². The molecule has 1 nitrogen and oxygen atoms in total. The monoisotopic (exact) mass is 210 g/mol. The van der Waals surface area contributed by atoms with E-state index in [2.05, 4.69) is 0 Å². The molecule has 0 aliphatic carbocycles. The quantitative estimate of drug-likeness (QED) is 0.460. The van der Waals surface area contributed by atoms with E-state index in [9.17, 15) is 12.9 Å². The zero-order valence-electron chi connectivity index (χ0n) is 9.27. The number of hydrogen-bond acceptors (Lipinski definition) is 1. The molecule has 0 N–H and O–H groups in total. The molecule has 0 aromatic carbocycles. The van der Waals surface area contributed by atoms with Crippen LogP contribution in [0.1, 0.15) is 40.0 Å². The minimum absolute atomic E-state index is 0.0182. The van der Waals surface area contributed by atoms with E-state index in [0.29, 0.717) is 6.54 Å². The molecule has 86 valence electrons. The van der Waals surface area contributed by atoms with Crippen molar-refractivity contribution in [3.8, 4) is 0 Å². The van der Waals surface area contributed by atoms with Gasteiger partial charge in [0.2, 0.25) is 0 Å². The molecular weight excluding hydrogens is 190 g/mol. The van der Waals surface area contributed by atoms with Gasteiger partial charge < -0.3 is 17.8 Å². The smallest absolute Gasteiger partial charge is 0.448 e. The average Bonchev–Trinajstić information content (AvgIpc) is 2.00. The molecule has 0 aliphatic heterocycles. The van der Waals surface area contributed by atoms with Crippen LogP contribution in [-0.4, -0.2) is 30.9 Å². The Labute approximate surface area is 84.7 Å². The Balaban J connectivity index is 3.91. The van der Waals surface area contributed by atoms with Crippen LogP contribution in [0.3, 0.4) is 0 Å². The van der Waals surface area contributed by atoms with Gasteiger partial charge in [-0.25, -0.2) is 0 Å². The first-order valence-electron chi connectivity index (χ1n) is 5.32. The maximum Gasteiger partial charge on any atom is 0.492 e. The molecule has 0 amide bonds. The second-order valence-electron chi connectivity index (χ2n) is 4.01. The highest BCUT2D eigenvalue weighted by molar-refractivity contribution is 6.58. The van der Waals surface area contributed by atoms with Gasteiger partial charge in [-0.1, -0.05) is 19.8 Å². The van der Waals surface area contributed by atoms with Crippen LogP contribution >= 0.6 is 0 Å². The summed E-state index contributed by atoms with van der Waals surface area (Å²) in [6, 6.07) is -0.0182. The van der Waals surface area contributed by atoms with Crippen LogP contribution in [0.25, 0.3) is 0 Å². The zero-order valence-corrected chi connectivity index (χ0v) is 9.27. The van der Waals surface area contributed by atoms with Gasteiger partial charge in [0.1, 0.15) is 0 Å². The number of hydrogen-bond donors (Lipinski definition) is 0. The third kappa shape index (κ3) is 7.24. The second kappa shape index (κ2) is 6.33. The van der Waals surface area contributed by atoms with Crippen molar-refractivity contribution in [2.75, 3.05) is 13.0 Å². The van der Waals surface area contributed by atoms with Crippen molar-refractivity contribution < 1.29 is 12.9 Å². The number of halogens is 3. The minimum atomic E-state index is -4.68. The van der Waals surface area contributed by atoms with E-state index in [1.54, 1.807) is 0 Å². The summed E-state index contributed by atoms with van der Waals surface area (Å²) >= 11 is 0. The number of unbranched alkanes of at least 4 members (excludes halogenated alkanes) is 2. The van der Waals surface area contributed by atoms with Crippen molar-refractivity contribution in [3.63, 3.8) is 0 Å². The van der Waals surface area contributed by atoms with Gasteiger partial charge in [-0.2, -0.15) is 0 Å². The Kier molecular flexibility index (Phi) is 6.24. The van der Waals surface area contributed by atoms with Crippen molar-refractivity contribution in [1.29, 1.82) is 0 Å². The van der Waals surface area contributed by atoms with E-state index in [1.807, 2.05) is 20.8 Å². The lowest BCUT2D eigenvalue weighted by atomic mass is 9.90. The summed E-state index contributed by atoms with van der Waals surface area (Å²) in [5, 5.41) is 0. The van der Waals surface area contributed by atoms with E-state index in [0.717, 1.165) is 19.3 Å². The molecule has 0 aliphatic rings.